The largest absolute Gasteiger partial charge is 0.383 e. The Hall–Kier alpha value is -1.36. The number of carbonyl (C=O) groups excluding carboxylic acids is 2. The fourth-order valence-electron chi connectivity index (χ4n) is 4.10. The van der Waals surface area contributed by atoms with Gasteiger partial charge in [0.05, 0.1) is 5.92 Å². The summed E-state index contributed by atoms with van der Waals surface area (Å²) < 4.78 is 0. The summed E-state index contributed by atoms with van der Waals surface area (Å²) in [5.41, 5.74) is 0.941. The van der Waals surface area contributed by atoms with Gasteiger partial charge in [-0.2, -0.15) is 0 Å². The quantitative estimate of drug-likeness (QED) is 0.755. The van der Waals surface area contributed by atoms with Crippen LogP contribution in [0.25, 0.3) is 0 Å². The number of nitrogens with zero attached hydrogens (tertiary/aromatic N) is 2. The second kappa shape index (κ2) is 8.65. The summed E-state index contributed by atoms with van der Waals surface area (Å²) in [5.74, 6) is 0.764. The molecular formula is C19H33N3O2. The zero-order chi connectivity index (χ0) is 17.7. The Balaban J connectivity index is 2.12. The molecule has 0 unspecified atom stereocenters. The molecule has 2 rings (SSSR count). The van der Waals surface area contributed by atoms with Gasteiger partial charge < -0.3 is 10.2 Å². The van der Waals surface area contributed by atoms with Crippen LogP contribution in [-0.4, -0.2) is 61.3 Å². The van der Waals surface area contributed by atoms with Crippen LogP contribution in [0.3, 0.4) is 0 Å². The molecular weight excluding hydrogens is 302 g/mol. The van der Waals surface area contributed by atoms with Crippen molar-refractivity contribution in [3.05, 3.63) is 11.8 Å². The van der Waals surface area contributed by atoms with Gasteiger partial charge in [0, 0.05) is 51.4 Å². The molecule has 1 N–H and O–H groups in total. The molecule has 2 aliphatic rings. The van der Waals surface area contributed by atoms with Gasteiger partial charge in [0.1, 0.15) is 0 Å². The monoisotopic (exact) mass is 335 g/mol. The van der Waals surface area contributed by atoms with Crippen molar-refractivity contribution in [2.75, 3.05) is 33.7 Å². The van der Waals surface area contributed by atoms with Crippen LogP contribution >= 0.6 is 0 Å². The lowest BCUT2D eigenvalue weighted by atomic mass is 9.72. The van der Waals surface area contributed by atoms with Gasteiger partial charge in [-0.3, -0.25) is 14.5 Å². The van der Waals surface area contributed by atoms with Crippen LogP contribution < -0.4 is 5.32 Å². The molecule has 2 fully saturated rings. The molecule has 0 aromatic heterocycles. The van der Waals surface area contributed by atoms with E-state index in [2.05, 4.69) is 24.1 Å². The first kappa shape index (κ1) is 19.0. The Morgan fingerprint density at radius 3 is 2.67 bits per heavy atom. The number of Topliss-reactive ketones (excluding diaryl/α,β-unsaturated/α-hetero) is 1. The third-order valence-electron chi connectivity index (χ3n) is 5.14. The fourth-order valence-corrected chi connectivity index (χ4v) is 4.10. The van der Waals surface area contributed by atoms with E-state index in [0.717, 1.165) is 50.9 Å². The predicted octanol–water partition coefficient (Wildman–Crippen LogP) is 2.04. The molecule has 5 nitrogen and oxygen atoms in total. The number of nitrogens with one attached hydrogen (secondary N) is 1. The van der Waals surface area contributed by atoms with Crippen molar-refractivity contribution < 1.29 is 9.59 Å². The van der Waals surface area contributed by atoms with E-state index >= 15 is 0 Å². The molecule has 24 heavy (non-hydrogen) atoms. The zero-order valence-electron chi connectivity index (χ0n) is 15.7. The fraction of sp³-hybridized carbons (Fsp3) is 0.789. The SMILES string of the molecule is CCCNC(=O)[C@@H]1C[C@@H]2CC(=O)/C(=C/N(C)C)C[C@H]2N(CCC)C1. The minimum Gasteiger partial charge on any atom is -0.383 e. The highest BCUT2D eigenvalue weighted by atomic mass is 16.2. The van der Waals surface area contributed by atoms with Crippen LogP contribution in [0.2, 0.25) is 0 Å². The molecule has 1 heterocycles. The topological polar surface area (TPSA) is 52.7 Å². The van der Waals surface area contributed by atoms with E-state index < -0.39 is 0 Å². The molecule has 5 heteroatoms. The van der Waals surface area contributed by atoms with E-state index in [4.69, 9.17) is 0 Å². The first-order valence-corrected chi connectivity index (χ1v) is 9.38. The molecule has 1 amide bonds. The van der Waals surface area contributed by atoms with Crippen LogP contribution in [0.1, 0.15) is 46.0 Å². The summed E-state index contributed by atoms with van der Waals surface area (Å²) in [6.45, 7) is 6.82. The predicted molar refractivity (Wildman–Crippen MR) is 96.6 cm³/mol. The third kappa shape index (κ3) is 4.59. The molecule has 1 saturated carbocycles. The highest BCUT2D eigenvalue weighted by Crippen LogP contribution is 2.38. The Morgan fingerprint density at radius 2 is 2.04 bits per heavy atom. The van der Waals surface area contributed by atoms with E-state index in [-0.39, 0.29) is 17.6 Å². The first-order chi connectivity index (χ1) is 11.5. The van der Waals surface area contributed by atoms with Crippen LogP contribution in [-0.2, 0) is 9.59 Å². The lowest BCUT2D eigenvalue weighted by Crippen LogP contribution is -2.54. The number of piperidine rings is 1. The highest BCUT2D eigenvalue weighted by Gasteiger charge is 2.42. The standard InChI is InChI=1S/C19H33N3O2/c1-5-7-20-19(24)16-9-14-11-18(23)15(12-21(3)4)10-17(14)22(13-16)8-6-2/h12,14,16-17H,5-11,13H2,1-4H3,(H,20,24)/b15-12+/t14-,16-,17-/m1/s1. The minimum absolute atomic E-state index is 0.0246. The molecule has 3 atom stereocenters. The number of carbonyl (C=O) groups is 2. The van der Waals surface area contributed by atoms with Crippen molar-refractivity contribution in [1.82, 2.24) is 15.1 Å². The number of ketones is 1. The smallest absolute Gasteiger partial charge is 0.224 e. The number of hydrogen-bond donors (Lipinski definition) is 1. The van der Waals surface area contributed by atoms with Crippen molar-refractivity contribution in [1.29, 1.82) is 0 Å². The maximum atomic E-state index is 12.5. The highest BCUT2D eigenvalue weighted by molar-refractivity contribution is 5.96. The summed E-state index contributed by atoms with van der Waals surface area (Å²) in [7, 11) is 3.93. The van der Waals surface area contributed by atoms with Crippen molar-refractivity contribution in [2.45, 2.75) is 52.0 Å². The first-order valence-electron chi connectivity index (χ1n) is 9.38. The van der Waals surface area contributed by atoms with Crippen molar-refractivity contribution >= 4 is 11.7 Å². The van der Waals surface area contributed by atoms with Gasteiger partial charge in [-0.1, -0.05) is 13.8 Å². The summed E-state index contributed by atoms with van der Waals surface area (Å²) in [6.07, 6.45) is 6.27. The Labute approximate surface area is 146 Å². The molecule has 0 aromatic rings. The summed E-state index contributed by atoms with van der Waals surface area (Å²) in [4.78, 5) is 29.3. The van der Waals surface area contributed by atoms with Crippen LogP contribution in [0.4, 0.5) is 0 Å². The van der Waals surface area contributed by atoms with Crippen LogP contribution in [0.5, 0.6) is 0 Å². The second-order valence-electron chi connectivity index (χ2n) is 7.50. The number of hydrogen-bond acceptors (Lipinski definition) is 4. The van der Waals surface area contributed by atoms with Crippen molar-refractivity contribution in [3.63, 3.8) is 0 Å². The zero-order valence-corrected chi connectivity index (χ0v) is 15.7. The Morgan fingerprint density at radius 1 is 1.29 bits per heavy atom. The lowest BCUT2D eigenvalue weighted by Gasteiger charge is -2.46. The number of likely N-dealkylation sites (tertiary alicyclic amines) is 1. The van der Waals surface area contributed by atoms with Gasteiger partial charge in [-0.05, 0) is 38.1 Å². The Bertz CT molecular complexity index is 487. The van der Waals surface area contributed by atoms with Gasteiger partial charge in [-0.25, -0.2) is 0 Å². The van der Waals surface area contributed by atoms with Gasteiger partial charge in [0.15, 0.2) is 5.78 Å². The van der Waals surface area contributed by atoms with Gasteiger partial charge >= 0.3 is 0 Å². The molecule has 1 aliphatic carbocycles. The molecule has 1 aliphatic heterocycles. The maximum absolute atomic E-state index is 12.5. The van der Waals surface area contributed by atoms with Crippen LogP contribution in [0.15, 0.2) is 11.8 Å². The van der Waals surface area contributed by atoms with Crippen molar-refractivity contribution in [2.24, 2.45) is 11.8 Å². The Kier molecular flexibility index (Phi) is 6.84. The third-order valence-corrected chi connectivity index (χ3v) is 5.14. The summed E-state index contributed by atoms with van der Waals surface area (Å²) in [6, 6.07) is 0.407. The van der Waals surface area contributed by atoms with E-state index in [1.54, 1.807) is 0 Å². The number of rotatable bonds is 6. The van der Waals surface area contributed by atoms with Gasteiger partial charge in [0.25, 0.3) is 0 Å². The number of amides is 1. The van der Waals surface area contributed by atoms with E-state index in [1.807, 2.05) is 25.2 Å². The average Bonchev–Trinajstić information content (AvgIpc) is 2.53. The molecule has 0 radical (unpaired) electrons. The van der Waals surface area contributed by atoms with Gasteiger partial charge in [0.2, 0.25) is 5.91 Å². The minimum atomic E-state index is 0.0246. The molecule has 0 aromatic carbocycles. The summed E-state index contributed by atoms with van der Waals surface area (Å²) in [5, 5.41) is 3.04. The van der Waals surface area contributed by atoms with Crippen molar-refractivity contribution in [3.8, 4) is 0 Å². The lowest BCUT2D eigenvalue weighted by molar-refractivity contribution is -0.131. The average molecular weight is 335 g/mol. The van der Waals surface area contributed by atoms with Crippen LogP contribution in [0, 0.1) is 11.8 Å². The number of fused-ring (bicyclic) bond motifs is 1. The summed E-state index contributed by atoms with van der Waals surface area (Å²) >= 11 is 0. The van der Waals surface area contributed by atoms with Gasteiger partial charge in [-0.15, -0.1) is 0 Å². The molecule has 0 spiro atoms. The second-order valence-corrected chi connectivity index (χ2v) is 7.50. The molecule has 136 valence electrons. The normalized spacial score (nSPS) is 29.4. The molecule has 1 saturated heterocycles. The maximum Gasteiger partial charge on any atom is 0.224 e. The van der Waals surface area contributed by atoms with E-state index in [0.29, 0.717) is 18.4 Å². The van der Waals surface area contributed by atoms with E-state index in [1.165, 1.54) is 0 Å². The van der Waals surface area contributed by atoms with E-state index in [9.17, 15) is 9.59 Å². The molecule has 0 bridgehead atoms.